The van der Waals surface area contributed by atoms with Gasteiger partial charge in [-0.2, -0.15) is 4.31 Å². The molecular weight excluding hydrogens is 305 g/mol. The maximum absolute atomic E-state index is 13.4. The molecule has 1 saturated heterocycles. The van der Waals surface area contributed by atoms with Crippen molar-refractivity contribution in [1.29, 1.82) is 0 Å². The van der Waals surface area contributed by atoms with Crippen LogP contribution >= 0.6 is 11.6 Å². The minimum absolute atomic E-state index is 0.0181. The van der Waals surface area contributed by atoms with Crippen molar-refractivity contribution >= 4 is 21.6 Å². The Morgan fingerprint density at radius 1 is 1.35 bits per heavy atom. The summed E-state index contributed by atoms with van der Waals surface area (Å²) in [6, 6.07) is 3.64. The van der Waals surface area contributed by atoms with Gasteiger partial charge in [0.15, 0.2) is 0 Å². The lowest BCUT2D eigenvalue weighted by atomic mass is 10.2. The number of rotatable bonds is 3. The Balaban J connectivity index is 2.42. The molecule has 0 saturated carbocycles. The fourth-order valence-corrected chi connectivity index (χ4v) is 4.48. The number of halogens is 2. The van der Waals surface area contributed by atoms with Gasteiger partial charge in [-0.3, -0.25) is 0 Å². The lowest BCUT2D eigenvalue weighted by Crippen LogP contribution is -2.48. The Morgan fingerprint density at radius 3 is 2.50 bits per heavy atom. The van der Waals surface area contributed by atoms with Gasteiger partial charge < -0.3 is 4.74 Å². The summed E-state index contributed by atoms with van der Waals surface area (Å²) in [5.74, 6) is -0.573. The van der Waals surface area contributed by atoms with Gasteiger partial charge in [-0.25, -0.2) is 12.8 Å². The highest BCUT2D eigenvalue weighted by atomic mass is 35.5. The van der Waals surface area contributed by atoms with E-state index in [1.807, 2.05) is 13.8 Å². The third-order valence-electron chi connectivity index (χ3n) is 3.18. The molecule has 1 aromatic rings. The molecule has 1 fully saturated rings. The van der Waals surface area contributed by atoms with Crippen molar-refractivity contribution in [3.05, 3.63) is 29.6 Å². The van der Waals surface area contributed by atoms with Crippen LogP contribution in [0.25, 0.3) is 0 Å². The quantitative estimate of drug-likeness (QED) is 0.803. The molecule has 1 heterocycles. The zero-order valence-electron chi connectivity index (χ0n) is 11.3. The fraction of sp³-hybridized carbons (Fsp3) is 0.538. The lowest BCUT2D eigenvalue weighted by molar-refractivity contribution is -0.0441. The monoisotopic (exact) mass is 321 g/mol. The molecule has 7 heteroatoms. The maximum atomic E-state index is 13.4. The minimum atomic E-state index is -3.76. The van der Waals surface area contributed by atoms with E-state index >= 15 is 0 Å². The zero-order valence-corrected chi connectivity index (χ0v) is 12.9. The standard InChI is InChI=1S/C13H17ClFNO3S/c1-9-7-16(8-10(2)19-9)20(17,18)13-5-12(15)4-3-11(13)6-14/h3-5,9-10H,6-8H2,1-2H3. The fourth-order valence-electron chi connectivity index (χ4n) is 2.34. The number of morpholine rings is 1. The zero-order chi connectivity index (χ0) is 14.9. The molecule has 1 aliphatic rings. The highest BCUT2D eigenvalue weighted by molar-refractivity contribution is 7.89. The number of hydrogen-bond donors (Lipinski definition) is 0. The summed E-state index contributed by atoms with van der Waals surface area (Å²) in [4.78, 5) is -0.0613. The second kappa shape index (κ2) is 5.97. The van der Waals surface area contributed by atoms with E-state index in [1.165, 1.54) is 16.4 Å². The molecule has 0 radical (unpaired) electrons. The van der Waals surface area contributed by atoms with E-state index in [4.69, 9.17) is 16.3 Å². The smallest absolute Gasteiger partial charge is 0.243 e. The van der Waals surface area contributed by atoms with Crippen LogP contribution in [-0.4, -0.2) is 38.0 Å². The van der Waals surface area contributed by atoms with E-state index in [2.05, 4.69) is 0 Å². The van der Waals surface area contributed by atoms with Crippen LogP contribution in [0.15, 0.2) is 23.1 Å². The Labute approximate surface area is 123 Å². The maximum Gasteiger partial charge on any atom is 0.243 e. The Bertz CT molecular complexity index is 583. The highest BCUT2D eigenvalue weighted by Gasteiger charge is 2.33. The summed E-state index contributed by atoms with van der Waals surface area (Å²) in [5, 5.41) is 0. The normalized spacial score (nSPS) is 24.8. The molecule has 112 valence electrons. The first kappa shape index (κ1) is 15.7. The van der Waals surface area contributed by atoms with Crippen molar-refractivity contribution in [2.75, 3.05) is 13.1 Å². The molecule has 20 heavy (non-hydrogen) atoms. The molecule has 0 bridgehead atoms. The van der Waals surface area contributed by atoms with Gasteiger partial charge in [0, 0.05) is 19.0 Å². The van der Waals surface area contributed by atoms with E-state index in [0.717, 1.165) is 6.07 Å². The van der Waals surface area contributed by atoms with E-state index in [9.17, 15) is 12.8 Å². The van der Waals surface area contributed by atoms with Gasteiger partial charge in [0.25, 0.3) is 0 Å². The highest BCUT2D eigenvalue weighted by Crippen LogP contribution is 2.25. The minimum Gasteiger partial charge on any atom is -0.373 e. The molecule has 0 aliphatic carbocycles. The van der Waals surface area contributed by atoms with Crippen molar-refractivity contribution in [2.45, 2.75) is 36.8 Å². The third-order valence-corrected chi connectivity index (χ3v) is 5.38. The molecule has 0 N–H and O–H groups in total. The summed E-state index contributed by atoms with van der Waals surface area (Å²) >= 11 is 5.76. The average Bonchev–Trinajstić information content (AvgIpc) is 2.37. The van der Waals surface area contributed by atoms with E-state index < -0.39 is 15.8 Å². The van der Waals surface area contributed by atoms with Crippen molar-refractivity contribution in [3.63, 3.8) is 0 Å². The number of ether oxygens (including phenoxy) is 1. The number of alkyl halides is 1. The third kappa shape index (κ3) is 3.14. The van der Waals surface area contributed by atoms with Crippen molar-refractivity contribution in [1.82, 2.24) is 4.31 Å². The van der Waals surface area contributed by atoms with Gasteiger partial charge in [-0.1, -0.05) is 6.07 Å². The second-order valence-corrected chi connectivity index (χ2v) is 7.14. The first-order valence-corrected chi connectivity index (χ1v) is 8.32. The summed E-state index contributed by atoms with van der Waals surface area (Å²) in [5.41, 5.74) is 0.403. The SMILES string of the molecule is CC1CN(S(=O)(=O)c2cc(F)ccc2CCl)CC(C)O1. The van der Waals surface area contributed by atoms with Gasteiger partial charge in [-0.15, -0.1) is 11.6 Å². The summed E-state index contributed by atoms with van der Waals surface area (Å²) < 4.78 is 45.5. The van der Waals surface area contributed by atoms with Crippen molar-refractivity contribution in [2.24, 2.45) is 0 Å². The van der Waals surface area contributed by atoms with Gasteiger partial charge >= 0.3 is 0 Å². The molecule has 2 rings (SSSR count). The van der Waals surface area contributed by atoms with E-state index in [1.54, 1.807) is 0 Å². The van der Waals surface area contributed by atoms with Crippen LogP contribution in [0.2, 0.25) is 0 Å². The average molecular weight is 322 g/mol. The van der Waals surface area contributed by atoms with Crippen LogP contribution in [0.5, 0.6) is 0 Å². The van der Waals surface area contributed by atoms with Crippen LogP contribution in [-0.2, 0) is 20.6 Å². The predicted octanol–water partition coefficient (Wildman–Crippen LogP) is 2.36. The first-order chi connectivity index (χ1) is 9.34. The molecule has 0 aromatic heterocycles. The lowest BCUT2D eigenvalue weighted by Gasteiger charge is -2.34. The van der Waals surface area contributed by atoms with Crippen LogP contribution in [0, 0.1) is 5.82 Å². The predicted molar refractivity (Wildman–Crippen MR) is 74.7 cm³/mol. The molecule has 1 aromatic carbocycles. The molecule has 1 aliphatic heterocycles. The topological polar surface area (TPSA) is 46.6 Å². The number of benzene rings is 1. The van der Waals surface area contributed by atoms with Crippen LogP contribution < -0.4 is 0 Å². The molecule has 2 atom stereocenters. The van der Waals surface area contributed by atoms with Crippen LogP contribution in [0.3, 0.4) is 0 Å². The van der Waals surface area contributed by atoms with Crippen LogP contribution in [0.1, 0.15) is 19.4 Å². The van der Waals surface area contributed by atoms with Gasteiger partial charge in [-0.05, 0) is 31.5 Å². The second-order valence-electron chi connectivity index (χ2n) is 4.97. The Morgan fingerprint density at radius 2 is 1.95 bits per heavy atom. The van der Waals surface area contributed by atoms with E-state index in [0.29, 0.717) is 5.56 Å². The van der Waals surface area contributed by atoms with Crippen molar-refractivity contribution in [3.8, 4) is 0 Å². The van der Waals surface area contributed by atoms with Gasteiger partial charge in [0.05, 0.1) is 17.1 Å². The summed E-state index contributed by atoms with van der Waals surface area (Å²) in [6.45, 7) is 4.13. The molecule has 0 amide bonds. The van der Waals surface area contributed by atoms with Crippen LogP contribution in [0.4, 0.5) is 4.39 Å². The number of sulfonamides is 1. The van der Waals surface area contributed by atoms with Gasteiger partial charge in [0.1, 0.15) is 5.82 Å². The molecular formula is C13H17ClFNO3S. The molecule has 2 unspecified atom stereocenters. The Kier molecular flexibility index (Phi) is 4.69. The summed E-state index contributed by atoms with van der Waals surface area (Å²) in [6.07, 6.45) is -0.386. The first-order valence-electron chi connectivity index (χ1n) is 6.34. The molecule has 0 spiro atoms. The largest absolute Gasteiger partial charge is 0.373 e. The Hall–Kier alpha value is -0.690. The van der Waals surface area contributed by atoms with Crippen molar-refractivity contribution < 1.29 is 17.5 Å². The molecule has 4 nitrogen and oxygen atoms in total. The number of hydrogen-bond acceptors (Lipinski definition) is 3. The summed E-state index contributed by atoms with van der Waals surface area (Å²) in [7, 11) is -3.76. The number of nitrogens with zero attached hydrogens (tertiary/aromatic N) is 1. The van der Waals surface area contributed by atoms with Gasteiger partial charge in [0.2, 0.25) is 10.0 Å². The van der Waals surface area contributed by atoms with E-state index in [-0.39, 0.29) is 36.1 Å².